The molecule has 2 nitrogen and oxygen atoms in total. The number of aryl methyl sites for hydroxylation is 1. The molecule has 0 aliphatic carbocycles. The van der Waals surface area contributed by atoms with E-state index in [9.17, 15) is 4.39 Å². The van der Waals surface area contributed by atoms with E-state index in [4.69, 9.17) is 10.8 Å². The lowest BCUT2D eigenvalue weighted by molar-refractivity contribution is 0.470. The molecule has 0 radical (unpaired) electrons. The van der Waals surface area contributed by atoms with Gasteiger partial charge in [-0.1, -0.05) is 0 Å². The first-order valence-corrected chi connectivity index (χ1v) is 4.32. The van der Waals surface area contributed by atoms with Crippen LogP contribution in [0.1, 0.15) is 18.9 Å². The van der Waals surface area contributed by atoms with Crippen LogP contribution in [0.4, 0.5) is 4.39 Å². The maximum absolute atomic E-state index is 13.1. The highest BCUT2D eigenvalue weighted by molar-refractivity contribution is 5.28. The molecule has 0 aromatic heterocycles. The summed E-state index contributed by atoms with van der Waals surface area (Å²) in [5.41, 5.74) is 6.07. The van der Waals surface area contributed by atoms with E-state index in [-0.39, 0.29) is 17.6 Å². The third kappa shape index (κ3) is 3.03. The zero-order chi connectivity index (χ0) is 9.84. The fourth-order valence-corrected chi connectivity index (χ4v) is 1.14. The van der Waals surface area contributed by atoms with Crippen molar-refractivity contribution in [2.45, 2.75) is 25.8 Å². The minimum atomic E-state index is -0.279. The van der Waals surface area contributed by atoms with E-state index in [0.29, 0.717) is 12.0 Å². The van der Waals surface area contributed by atoms with Gasteiger partial charge in [0, 0.05) is 6.04 Å². The number of halogens is 1. The van der Waals surface area contributed by atoms with Gasteiger partial charge in [-0.25, -0.2) is 4.39 Å². The minimum Gasteiger partial charge on any atom is -0.508 e. The molecule has 0 fully saturated rings. The van der Waals surface area contributed by atoms with Gasteiger partial charge in [0.1, 0.15) is 11.6 Å². The van der Waals surface area contributed by atoms with Crippen molar-refractivity contribution >= 4 is 0 Å². The summed E-state index contributed by atoms with van der Waals surface area (Å²) < 4.78 is 13.1. The molecule has 0 aliphatic heterocycles. The van der Waals surface area contributed by atoms with E-state index in [1.165, 1.54) is 18.2 Å². The van der Waals surface area contributed by atoms with Crippen molar-refractivity contribution in [1.29, 1.82) is 0 Å². The van der Waals surface area contributed by atoms with E-state index >= 15 is 0 Å². The average molecular weight is 183 g/mol. The fourth-order valence-electron chi connectivity index (χ4n) is 1.14. The largest absolute Gasteiger partial charge is 0.508 e. The van der Waals surface area contributed by atoms with Gasteiger partial charge in [0.05, 0.1) is 0 Å². The first-order chi connectivity index (χ1) is 6.09. The van der Waals surface area contributed by atoms with E-state index in [0.717, 1.165) is 6.42 Å². The second-order valence-corrected chi connectivity index (χ2v) is 3.29. The van der Waals surface area contributed by atoms with Gasteiger partial charge in [-0.15, -0.1) is 0 Å². The van der Waals surface area contributed by atoms with Crippen LogP contribution in [-0.2, 0) is 6.42 Å². The highest BCUT2D eigenvalue weighted by Crippen LogP contribution is 2.16. The van der Waals surface area contributed by atoms with Crippen LogP contribution in [0.15, 0.2) is 18.2 Å². The minimum absolute atomic E-state index is 0.0572. The molecule has 0 heterocycles. The quantitative estimate of drug-likeness (QED) is 0.750. The maximum atomic E-state index is 13.1. The summed E-state index contributed by atoms with van der Waals surface area (Å²) in [6.07, 6.45) is 1.29. The first kappa shape index (κ1) is 9.99. The molecule has 72 valence electrons. The third-order valence-electron chi connectivity index (χ3n) is 1.90. The summed E-state index contributed by atoms with van der Waals surface area (Å²) in [5, 5.41) is 9.10. The molecule has 3 N–H and O–H groups in total. The summed E-state index contributed by atoms with van der Waals surface area (Å²) in [6.45, 7) is 1.88. The Hall–Kier alpha value is -1.09. The second kappa shape index (κ2) is 4.23. The Morgan fingerprint density at radius 1 is 1.54 bits per heavy atom. The van der Waals surface area contributed by atoms with Gasteiger partial charge < -0.3 is 10.8 Å². The SMILES string of the molecule is C[C@@H](N)CCc1cc(O)ccc1F. The summed E-state index contributed by atoms with van der Waals surface area (Å²) in [6, 6.07) is 4.11. The molecular formula is C10H14FNO. The Morgan fingerprint density at radius 2 is 2.23 bits per heavy atom. The normalized spacial score (nSPS) is 12.8. The molecule has 0 saturated heterocycles. The number of rotatable bonds is 3. The first-order valence-electron chi connectivity index (χ1n) is 4.32. The van der Waals surface area contributed by atoms with Crippen molar-refractivity contribution in [3.63, 3.8) is 0 Å². The number of hydrogen-bond acceptors (Lipinski definition) is 2. The van der Waals surface area contributed by atoms with Crippen LogP contribution < -0.4 is 5.73 Å². The molecule has 1 aromatic carbocycles. The summed E-state index contributed by atoms with van der Waals surface area (Å²) in [7, 11) is 0. The molecule has 0 saturated carbocycles. The van der Waals surface area contributed by atoms with E-state index < -0.39 is 0 Å². The highest BCUT2D eigenvalue weighted by atomic mass is 19.1. The predicted octanol–water partition coefficient (Wildman–Crippen LogP) is 1.81. The molecule has 1 aromatic rings. The molecule has 1 atom stereocenters. The van der Waals surface area contributed by atoms with E-state index in [1.807, 2.05) is 6.92 Å². The molecule has 0 amide bonds. The van der Waals surface area contributed by atoms with Crippen molar-refractivity contribution in [2.75, 3.05) is 0 Å². The lowest BCUT2D eigenvalue weighted by atomic mass is 10.1. The van der Waals surface area contributed by atoms with Crippen LogP contribution in [0.5, 0.6) is 5.75 Å². The number of phenolic OH excluding ortho intramolecular Hbond substituents is 1. The molecule has 13 heavy (non-hydrogen) atoms. The second-order valence-electron chi connectivity index (χ2n) is 3.29. The number of benzene rings is 1. The van der Waals surface area contributed by atoms with E-state index in [1.54, 1.807) is 0 Å². The van der Waals surface area contributed by atoms with Crippen LogP contribution in [0.3, 0.4) is 0 Å². The van der Waals surface area contributed by atoms with Gasteiger partial charge >= 0.3 is 0 Å². The van der Waals surface area contributed by atoms with Crippen molar-refractivity contribution < 1.29 is 9.50 Å². The predicted molar refractivity (Wildman–Crippen MR) is 50.0 cm³/mol. The van der Waals surface area contributed by atoms with Crippen LogP contribution in [-0.4, -0.2) is 11.1 Å². The number of phenols is 1. The van der Waals surface area contributed by atoms with Crippen LogP contribution in [0.25, 0.3) is 0 Å². The van der Waals surface area contributed by atoms with Gasteiger partial charge in [0.15, 0.2) is 0 Å². The highest BCUT2D eigenvalue weighted by Gasteiger charge is 2.04. The summed E-state index contributed by atoms with van der Waals surface area (Å²) in [4.78, 5) is 0. The Labute approximate surface area is 77.2 Å². The zero-order valence-corrected chi connectivity index (χ0v) is 7.63. The van der Waals surface area contributed by atoms with Crippen LogP contribution in [0, 0.1) is 5.82 Å². The summed E-state index contributed by atoms with van der Waals surface area (Å²) >= 11 is 0. The summed E-state index contributed by atoms with van der Waals surface area (Å²) in [5.74, 6) is -0.181. The maximum Gasteiger partial charge on any atom is 0.126 e. The third-order valence-corrected chi connectivity index (χ3v) is 1.90. The van der Waals surface area contributed by atoms with E-state index in [2.05, 4.69) is 0 Å². The Balaban J connectivity index is 2.70. The number of hydrogen-bond donors (Lipinski definition) is 2. The molecule has 0 bridgehead atoms. The smallest absolute Gasteiger partial charge is 0.126 e. The average Bonchev–Trinajstić information content (AvgIpc) is 2.06. The molecule has 0 spiro atoms. The molecule has 0 aliphatic rings. The van der Waals surface area contributed by atoms with Gasteiger partial charge in [-0.2, -0.15) is 0 Å². The monoisotopic (exact) mass is 183 g/mol. The topological polar surface area (TPSA) is 46.2 Å². The van der Waals surface area contributed by atoms with Gasteiger partial charge in [-0.3, -0.25) is 0 Å². The van der Waals surface area contributed by atoms with Crippen molar-refractivity contribution in [2.24, 2.45) is 5.73 Å². The fraction of sp³-hybridized carbons (Fsp3) is 0.400. The number of aromatic hydroxyl groups is 1. The van der Waals surface area contributed by atoms with Gasteiger partial charge in [0.2, 0.25) is 0 Å². The van der Waals surface area contributed by atoms with Gasteiger partial charge in [0.25, 0.3) is 0 Å². The van der Waals surface area contributed by atoms with Gasteiger partial charge in [-0.05, 0) is 43.5 Å². The van der Waals surface area contributed by atoms with Crippen molar-refractivity contribution in [3.05, 3.63) is 29.6 Å². The molecular weight excluding hydrogens is 169 g/mol. The molecule has 0 unspecified atom stereocenters. The Morgan fingerprint density at radius 3 is 2.85 bits per heavy atom. The van der Waals surface area contributed by atoms with Crippen LogP contribution >= 0.6 is 0 Å². The standard InChI is InChI=1S/C10H14FNO/c1-7(12)2-3-8-6-9(13)4-5-10(8)11/h4-7,13H,2-3,12H2,1H3/t7-/m1/s1. The van der Waals surface area contributed by atoms with Crippen molar-refractivity contribution in [3.8, 4) is 5.75 Å². The lowest BCUT2D eigenvalue weighted by Crippen LogP contribution is -2.15. The lowest BCUT2D eigenvalue weighted by Gasteiger charge is -2.06. The van der Waals surface area contributed by atoms with Crippen molar-refractivity contribution in [1.82, 2.24) is 0 Å². The zero-order valence-electron chi connectivity index (χ0n) is 7.63. The van der Waals surface area contributed by atoms with Crippen LogP contribution in [0.2, 0.25) is 0 Å². The molecule has 1 rings (SSSR count). The Bertz CT molecular complexity index is 286. The number of nitrogens with two attached hydrogens (primary N) is 1. The molecule has 3 heteroatoms. The Kier molecular flexibility index (Phi) is 3.25.